The fourth-order valence-corrected chi connectivity index (χ4v) is 5.86. The molecule has 1 aromatic carbocycles. The number of sulfonamides is 1. The van der Waals surface area contributed by atoms with Gasteiger partial charge in [-0.15, -0.1) is 0 Å². The van der Waals surface area contributed by atoms with Gasteiger partial charge in [0.1, 0.15) is 0 Å². The number of rotatable bonds is 9. The van der Waals surface area contributed by atoms with Crippen molar-refractivity contribution in [3.63, 3.8) is 0 Å². The molecule has 1 aliphatic carbocycles. The molecular formula is C22H35N3O3S. The smallest absolute Gasteiger partial charge is 0.220 e. The van der Waals surface area contributed by atoms with Gasteiger partial charge in [-0.05, 0) is 30.9 Å². The molecule has 0 radical (unpaired) electrons. The fourth-order valence-electron chi connectivity index (χ4n) is 4.37. The standard InChI is InChI=1S/C22H35N3O3S/c26-22(13-12-20-8-3-1-4-9-20)23-14-7-19-29(27,28)25-17-15-24(16-18-25)21-10-5-2-6-11-21/h2,5-6,10-11,20H,1,3-4,7-9,12-19H2,(H,23,26). The summed E-state index contributed by atoms with van der Waals surface area (Å²) in [6.07, 6.45) is 8.43. The molecule has 0 aromatic heterocycles. The van der Waals surface area contributed by atoms with Crippen LogP contribution in [-0.2, 0) is 14.8 Å². The number of carbonyl (C=O) groups excluding carboxylic acids is 1. The van der Waals surface area contributed by atoms with Crippen molar-refractivity contribution in [1.82, 2.24) is 9.62 Å². The largest absolute Gasteiger partial charge is 0.369 e. The quantitative estimate of drug-likeness (QED) is 0.623. The number of amides is 1. The van der Waals surface area contributed by atoms with E-state index >= 15 is 0 Å². The average molecular weight is 422 g/mol. The Kier molecular flexibility index (Phi) is 8.36. The molecule has 1 aromatic rings. The SMILES string of the molecule is O=C(CCC1CCCCC1)NCCCS(=O)(=O)N1CCN(c2ccccc2)CC1. The molecule has 0 unspecified atom stereocenters. The van der Waals surface area contributed by atoms with Gasteiger partial charge in [-0.2, -0.15) is 4.31 Å². The summed E-state index contributed by atoms with van der Waals surface area (Å²) in [5, 5.41) is 2.90. The fraction of sp³-hybridized carbons (Fsp3) is 0.682. The Balaban J connectivity index is 1.31. The molecule has 3 rings (SSSR count). The number of para-hydroxylation sites is 1. The van der Waals surface area contributed by atoms with E-state index in [0.29, 0.717) is 51.5 Å². The maximum atomic E-state index is 12.6. The molecule has 1 N–H and O–H groups in total. The van der Waals surface area contributed by atoms with Crippen LogP contribution in [0.1, 0.15) is 51.4 Å². The van der Waals surface area contributed by atoms with E-state index in [1.807, 2.05) is 18.2 Å². The maximum Gasteiger partial charge on any atom is 0.220 e. The molecule has 1 heterocycles. The lowest BCUT2D eigenvalue weighted by molar-refractivity contribution is -0.121. The average Bonchev–Trinajstić information content (AvgIpc) is 2.77. The monoisotopic (exact) mass is 421 g/mol. The molecule has 162 valence electrons. The van der Waals surface area contributed by atoms with Crippen LogP contribution >= 0.6 is 0 Å². The third-order valence-electron chi connectivity index (χ3n) is 6.16. The number of hydrogen-bond donors (Lipinski definition) is 1. The first-order valence-corrected chi connectivity index (χ1v) is 12.7. The minimum Gasteiger partial charge on any atom is -0.369 e. The molecule has 6 nitrogen and oxygen atoms in total. The number of anilines is 1. The molecule has 0 atom stereocenters. The first-order chi connectivity index (χ1) is 14.0. The van der Waals surface area contributed by atoms with Gasteiger partial charge in [0, 0.05) is 44.8 Å². The Morgan fingerprint density at radius 2 is 1.69 bits per heavy atom. The van der Waals surface area contributed by atoms with Crippen molar-refractivity contribution in [1.29, 1.82) is 0 Å². The summed E-state index contributed by atoms with van der Waals surface area (Å²) >= 11 is 0. The van der Waals surface area contributed by atoms with Crippen molar-refractivity contribution in [3.05, 3.63) is 30.3 Å². The maximum absolute atomic E-state index is 12.6. The lowest BCUT2D eigenvalue weighted by Gasteiger charge is -2.35. The van der Waals surface area contributed by atoms with E-state index in [4.69, 9.17) is 0 Å². The number of carbonyl (C=O) groups is 1. The Labute approximate surface area is 175 Å². The van der Waals surface area contributed by atoms with E-state index in [1.54, 1.807) is 4.31 Å². The first-order valence-electron chi connectivity index (χ1n) is 11.1. The summed E-state index contributed by atoms with van der Waals surface area (Å²) in [4.78, 5) is 14.2. The lowest BCUT2D eigenvalue weighted by Crippen LogP contribution is -2.49. The van der Waals surface area contributed by atoms with Crippen LogP contribution in [-0.4, -0.2) is 57.1 Å². The number of benzene rings is 1. The van der Waals surface area contributed by atoms with Crippen molar-refractivity contribution in [2.45, 2.75) is 51.4 Å². The van der Waals surface area contributed by atoms with Crippen LogP contribution < -0.4 is 10.2 Å². The Morgan fingerprint density at radius 3 is 2.38 bits per heavy atom. The molecule has 1 amide bonds. The normalized spacial score (nSPS) is 19.2. The van der Waals surface area contributed by atoms with Crippen LogP contribution in [0.5, 0.6) is 0 Å². The molecule has 1 saturated heterocycles. The van der Waals surface area contributed by atoms with Gasteiger partial charge >= 0.3 is 0 Å². The highest BCUT2D eigenvalue weighted by Crippen LogP contribution is 2.27. The first kappa shape index (κ1) is 22.1. The Bertz CT molecular complexity index is 725. The molecule has 2 aliphatic rings. The number of nitrogens with zero attached hydrogens (tertiary/aromatic N) is 2. The van der Waals surface area contributed by atoms with Gasteiger partial charge in [-0.1, -0.05) is 50.3 Å². The summed E-state index contributed by atoms with van der Waals surface area (Å²) in [7, 11) is -3.26. The van der Waals surface area contributed by atoms with Crippen LogP contribution in [0.15, 0.2) is 30.3 Å². The van der Waals surface area contributed by atoms with Crippen molar-refractivity contribution >= 4 is 21.6 Å². The summed E-state index contributed by atoms with van der Waals surface area (Å²) in [6.45, 7) is 2.89. The molecule has 0 bridgehead atoms. The van der Waals surface area contributed by atoms with E-state index in [2.05, 4.69) is 22.3 Å². The molecule has 29 heavy (non-hydrogen) atoms. The second kappa shape index (κ2) is 11.0. The predicted molar refractivity (Wildman–Crippen MR) is 117 cm³/mol. The Hall–Kier alpha value is -1.60. The van der Waals surface area contributed by atoms with Gasteiger partial charge in [0.15, 0.2) is 0 Å². The highest BCUT2D eigenvalue weighted by atomic mass is 32.2. The summed E-state index contributed by atoms with van der Waals surface area (Å²) in [5.74, 6) is 0.857. The second-order valence-corrected chi connectivity index (χ2v) is 10.4. The minimum absolute atomic E-state index is 0.0597. The molecule has 7 heteroatoms. The van der Waals surface area contributed by atoms with Gasteiger partial charge in [0.05, 0.1) is 5.75 Å². The van der Waals surface area contributed by atoms with Crippen molar-refractivity contribution in [3.8, 4) is 0 Å². The zero-order valence-electron chi connectivity index (χ0n) is 17.4. The topological polar surface area (TPSA) is 69.7 Å². The van der Waals surface area contributed by atoms with Crippen LogP contribution in [0.3, 0.4) is 0 Å². The summed E-state index contributed by atoms with van der Waals surface area (Å²) < 4.78 is 26.8. The van der Waals surface area contributed by atoms with Gasteiger partial charge in [0.2, 0.25) is 15.9 Å². The third-order valence-corrected chi connectivity index (χ3v) is 8.12. The van der Waals surface area contributed by atoms with Gasteiger partial charge in [-0.3, -0.25) is 4.79 Å². The predicted octanol–water partition coefficient (Wildman–Crippen LogP) is 3.01. The van der Waals surface area contributed by atoms with E-state index in [-0.39, 0.29) is 11.7 Å². The Morgan fingerprint density at radius 1 is 1.00 bits per heavy atom. The van der Waals surface area contributed by atoms with Crippen molar-refractivity contribution < 1.29 is 13.2 Å². The van der Waals surface area contributed by atoms with Gasteiger partial charge in [-0.25, -0.2) is 8.42 Å². The van der Waals surface area contributed by atoms with E-state index in [0.717, 1.165) is 12.1 Å². The van der Waals surface area contributed by atoms with E-state index in [1.165, 1.54) is 32.1 Å². The van der Waals surface area contributed by atoms with Gasteiger partial charge in [0.25, 0.3) is 0 Å². The molecule has 1 aliphatic heterocycles. The van der Waals surface area contributed by atoms with Crippen molar-refractivity contribution in [2.24, 2.45) is 5.92 Å². The van der Waals surface area contributed by atoms with Gasteiger partial charge < -0.3 is 10.2 Å². The van der Waals surface area contributed by atoms with Crippen LogP contribution in [0.2, 0.25) is 0 Å². The van der Waals surface area contributed by atoms with Crippen LogP contribution in [0, 0.1) is 5.92 Å². The minimum atomic E-state index is -3.26. The highest BCUT2D eigenvalue weighted by molar-refractivity contribution is 7.89. The molecule has 1 saturated carbocycles. The highest BCUT2D eigenvalue weighted by Gasteiger charge is 2.26. The molecular weight excluding hydrogens is 386 g/mol. The lowest BCUT2D eigenvalue weighted by atomic mass is 9.86. The van der Waals surface area contributed by atoms with Crippen molar-refractivity contribution in [2.75, 3.05) is 43.4 Å². The molecule has 0 spiro atoms. The van der Waals surface area contributed by atoms with E-state index < -0.39 is 10.0 Å². The number of nitrogens with one attached hydrogen (secondary N) is 1. The third kappa shape index (κ3) is 7.00. The molecule has 2 fully saturated rings. The number of piperazine rings is 1. The zero-order chi connectivity index (χ0) is 20.5. The summed E-state index contributed by atoms with van der Waals surface area (Å²) in [5.41, 5.74) is 1.14. The van der Waals surface area contributed by atoms with E-state index in [9.17, 15) is 13.2 Å². The zero-order valence-corrected chi connectivity index (χ0v) is 18.2. The number of hydrogen-bond acceptors (Lipinski definition) is 4. The van der Waals surface area contributed by atoms with Crippen LogP contribution in [0.4, 0.5) is 5.69 Å². The summed E-state index contributed by atoms with van der Waals surface area (Å²) in [6, 6.07) is 10.1. The van der Waals surface area contributed by atoms with Crippen LogP contribution in [0.25, 0.3) is 0 Å². The second-order valence-electron chi connectivity index (χ2n) is 8.28.